The lowest BCUT2D eigenvalue weighted by molar-refractivity contribution is -0.119. The van der Waals surface area contributed by atoms with Gasteiger partial charge in [-0.15, -0.1) is 0 Å². The maximum Gasteiger partial charge on any atom is 0.239 e. The molecule has 4 aromatic carbocycles. The van der Waals surface area contributed by atoms with Crippen LogP contribution < -0.4 is 15.1 Å². The highest BCUT2D eigenvalue weighted by atomic mass is 35.5. The van der Waals surface area contributed by atoms with Crippen LogP contribution in [0.25, 0.3) is 0 Å². The van der Waals surface area contributed by atoms with E-state index in [9.17, 15) is 26.7 Å². The van der Waals surface area contributed by atoms with E-state index in [1.165, 1.54) is 0 Å². The fourth-order valence-electron chi connectivity index (χ4n) is 5.11. The van der Waals surface area contributed by atoms with Crippen LogP contribution in [0.1, 0.15) is 18.1 Å². The Morgan fingerprint density at radius 2 is 1.17 bits per heavy atom. The van der Waals surface area contributed by atoms with Crippen LogP contribution in [0.15, 0.2) is 78.9 Å². The van der Waals surface area contributed by atoms with E-state index in [4.69, 9.17) is 11.6 Å². The first-order valence-corrected chi connectivity index (χ1v) is 13.2. The third-order valence-corrected chi connectivity index (χ3v) is 7.79. The summed E-state index contributed by atoms with van der Waals surface area (Å²) in [5.41, 5.74) is 0.784. The fourth-order valence-corrected chi connectivity index (χ4v) is 5.41. The predicted octanol–water partition coefficient (Wildman–Crippen LogP) is 7.31. The molecule has 0 saturated carbocycles. The molecule has 1 aliphatic rings. The first-order chi connectivity index (χ1) is 19.6. The number of halogens is 6. The van der Waals surface area contributed by atoms with Crippen LogP contribution in [0.4, 0.5) is 39.0 Å². The van der Waals surface area contributed by atoms with Crippen molar-refractivity contribution in [2.75, 3.05) is 41.3 Å². The molecule has 1 N–H and O–H groups in total. The number of carbonyl (C=O) groups is 1. The van der Waals surface area contributed by atoms with E-state index in [-0.39, 0.29) is 32.1 Å². The number of nitrogens with one attached hydrogen (secondary N) is 1. The van der Waals surface area contributed by atoms with Gasteiger partial charge in [-0.25, -0.2) is 22.0 Å². The van der Waals surface area contributed by atoms with Crippen molar-refractivity contribution in [2.24, 2.45) is 0 Å². The molecule has 4 nitrogen and oxygen atoms in total. The molecule has 1 fully saturated rings. The van der Waals surface area contributed by atoms with E-state index < -0.39 is 40.2 Å². The number of rotatable bonds is 6. The van der Waals surface area contributed by atoms with Gasteiger partial charge in [0.1, 0.15) is 5.69 Å². The van der Waals surface area contributed by atoms with Crippen LogP contribution in [0.3, 0.4) is 0 Å². The first kappa shape index (κ1) is 28.4. The number of carbonyl (C=O) groups excluding carboxylic acids is 1. The number of piperazine rings is 1. The molecular weight excluding hydrogens is 561 g/mol. The van der Waals surface area contributed by atoms with Gasteiger partial charge in [0.25, 0.3) is 0 Å². The summed E-state index contributed by atoms with van der Waals surface area (Å²) in [6.07, 6.45) is 0. The number of hydrogen-bond donors (Lipinski definition) is 1. The van der Waals surface area contributed by atoms with Gasteiger partial charge in [-0.2, -0.15) is 0 Å². The Morgan fingerprint density at radius 3 is 1.66 bits per heavy atom. The van der Waals surface area contributed by atoms with Crippen molar-refractivity contribution in [2.45, 2.75) is 12.3 Å². The molecule has 0 aliphatic carbocycles. The number of anilines is 3. The summed E-state index contributed by atoms with van der Waals surface area (Å²) in [7, 11) is 0. The summed E-state index contributed by atoms with van der Waals surface area (Å²) in [6.45, 7) is 2.28. The van der Waals surface area contributed by atoms with E-state index in [0.29, 0.717) is 16.4 Å². The van der Waals surface area contributed by atoms with Crippen molar-refractivity contribution in [1.82, 2.24) is 0 Å². The molecule has 0 atom stereocenters. The Hall–Kier alpha value is -4.11. The van der Waals surface area contributed by atoms with Gasteiger partial charge in [0.15, 0.2) is 23.3 Å². The van der Waals surface area contributed by atoms with Crippen molar-refractivity contribution < 1.29 is 26.7 Å². The first-order valence-electron chi connectivity index (χ1n) is 12.9. The van der Waals surface area contributed by atoms with E-state index in [1.54, 1.807) is 18.2 Å². The van der Waals surface area contributed by atoms with Crippen LogP contribution in [0.5, 0.6) is 0 Å². The summed E-state index contributed by atoms with van der Waals surface area (Å²) in [6, 6.07) is 23.9. The minimum atomic E-state index is -2.19. The number of benzene rings is 4. The Kier molecular flexibility index (Phi) is 7.91. The van der Waals surface area contributed by atoms with E-state index in [2.05, 4.69) is 5.32 Å². The average molecular weight is 586 g/mol. The predicted molar refractivity (Wildman–Crippen MR) is 150 cm³/mol. The second-order valence-electron chi connectivity index (χ2n) is 9.87. The standard InChI is InChI=1S/C31H25ClF5N3O/c1-31(19-8-4-2-5-9-19,20-10-6-3-7-11-20)30(41)38-21-12-13-23(22(32)18-21)39-14-16-40(17-15-39)29-27(36)25(34)24(33)26(35)28(29)37/h2-13,18H,14-17H2,1H3,(H,38,41). The maximum atomic E-state index is 14.3. The van der Waals surface area contributed by atoms with Crippen molar-refractivity contribution in [1.29, 1.82) is 0 Å². The summed E-state index contributed by atoms with van der Waals surface area (Å²) >= 11 is 6.59. The molecule has 0 bridgehead atoms. The zero-order valence-corrected chi connectivity index (χ0v) is 22.7. The van der Waals surface area contributed by atoms with Crippen molar-refractivity contribution in [3.05, 3.63) is 124 Å². The summed E-state index contributed by atoms with van der Waals surface area (Å²) < 4.78 is 69.4. The van der Waals surface area contributed by atoms with Crippen LogP contribution in [0.2, 0.25) is 5.02 Å². The molecule has 10 heteroatoms. The molecule has 1 heterocycles. The summed E-state index contributed by atoms with van der Waals surface area (Å²) in [5.74, 6) is -10.1. The average Bonchev–Trinajstić information content (AvgIpc) is 3.00. The zero-order chi connectivity index (χ0) is 29.3. The highest BCUT2D eigenvalue weighted by Crippen LogP contribution is 2.36. The zero-order valence-electron chi connectivity index (χ0n) is 21.9. The highest BCUT2D eigenvalue weighted by Gasteiger charge is 2.37. The Bertz CT molecular complexity index is 1510. The SMILES string of the molecule is CC(C(=O)Nc1ccc(N2CCN(c3c(F)c(F)c(F)c(F)c3F)CC2)c(Cl)c1)(c1ccccc1)c1ccccc1. The molecule has 212 valence electrons. The lowest BCUT2D eigenvalue weighted by Gasteiger charge is -2.38. The molecule has 4 aromatic rings. The Labute approximate surface area is 239 Å². The van der Waals surface area contributed by atoms with Gasteiger partial charge < -0.3 is 15.1 Å². The molecule has 0 radical (unpaired) electrons. The molecule has 5 rings (SSSR count). The lowest BCUT2D eigenvalue weighted by Crippen LogP contribution is -2.47. The van der Waals surface area contributed by atoms with Gasteiger partial charge in [0, 0.05) is 31.9 Å². The Balaban J connectivity index is 1.33. The largest absolute Gasteiger partial charge is 0.367 e. The second-order valence-corrected chi connectivity index (χ2v) is 10.3. The summed E-state index contributed by atoms with van der Waals surface area (Å²) in [4.78, 5) is 16.7. The molecule has 0 unspecified atom stereocenters. The van der Waals surface area contributed by atoms with Gasteiger partial charge in [-0.05, 0) is 36.2 Å². The van der Waals surface area contributed by atoms with E-state index in [0.717, 1.165) is 16.0 Å². The second kappa shape index (κ2) is 11.4. The molecule has 1 amide bonds. The fraction of sp³-hybridized carbons (Fsp3) is 0.194. The van der Waals surface area contributed by atoms with E-state index >= 15 is 0 Å². The minimum Gasteiger partial charge on any atom is -0.367 e. The molecule has 1 saturated heterocycles. The number of amides is 1. The maximum absolute atomic E-state index is 14.3. The number of nitrogens with zero attached hydrogens (tertiary/aromatic N) is 2. The smallest absolute Gasteiger partial charge is 0.239 e. The lowest BCUT2D eigenvalue weighted by atomic mass is 9.75. The topological polar surface area (TPSA) is 35.6 Å². The van der Waals surface area contributed by atoms with Crippen LogP contribution in [-0.2, 0) is 10.2 Å². The normalized spacial score (nSPS) is 13.8. The quantitative estimate of drug-likeness (QED) is 0.146. The van der Waals surface area contributed by atoms with Crippen molar-refractivity contribution >= 4 is 34.6 Å². The summed E-state index contributed by atoms with van der Waals surface area (Å²) in [5, 5.41) is 3.30. The third-order valence-electron chi connectivity index (χ3n) is 7.49. The van der Waals surface area contributed by atoms with Gasteiger partial charge in [-0.1, -0.05) is 72.3 Å². The van der Waals surface area contributed by atoms with Crippen LogP contribution in [0, 0.1) is 29.1 Å². The van der Waals surface area contributed by atoms with Gasteiger partial charge >= 0.3 is 0 Å². The molecule has 41 heavy (non-hydrogen) atoms. The van der Waals surface area contributed by atoms with Gasteiger partial charge in [0.05, 0.1) is 16.1 Å². The molecule has 1 aliphatic heterocycles. The van der Waals surface area contributed by atoms with Crippen molar-refractivity contribution in [3.63, 3.8) is 0 Å². The molecule has 0 spiro atoms. The molecule has 0 aromatic heterocycles. The van der Waals surface area contributed by atoms with Crippen molar-refractivity contribution in [3.8, 4) is 0 Å². The number of hydrogen-bond acceptors (Lipinski definition) is 3. The van der Waals surface area contributed by atoms with E-state index in [1.807, 2.05) is 72.5 Å². The minimum absolute atomic E-state index is 0.000323. The van der Waals surface area contributed by atoms with Crippen LogP contribution in [-0.4, -0.2) is 32.1 Å². The molecular formula is C31H25ClF5N3O. The van der Waals surface area contributed by atoms with Gasteiger partial charge in [-0.3, -0.25) is 4.79 Å². The monoisotopic (exact) mass is 585 g/mol. The Morgan fingerprint density at radius 1 is 0.707 bits per heavy atom. The third kappa shape index (κ3) is 5.22. The van der Waals surface area contributed by atoms with Crippen LogP contribution >= 0.6 is 11.6 Å². The van der Waals surface area contributed by atoms with Gasteiger partial charge in [0.2, 0.25) is 11.7 Å². The highest BCUT2D eigenvalue weighted by molar-refractivity contribution is 6.33.